The first-order valence-corrected chi connectivity index (χ1v) is 7.02. The molecule has 0 unspecified atom stereocenters. The minimum atomic E-state index is 0.0229. The van der Waals surface area contributed by atoms with Crippen molar-refractivity contribution in [3.8, 4) is 6.07 Å². The third-order valence-electron chi connectivity index (χ3n) is 2.85. The molecule has 5 nitrogen and oxygen atoms in total. The molecule has 0 N–H and O–H groups in total. The number of benzene rings is 1. The van der Waals surface area contributed by atoms with Gasteiger partial charge in [-0.15, -0.1) is 16.9 Å². The molecule has 1 aromatic carbocycles. The van der Waals surface area contributed by atoms with Gasteiger partial charge < -0.3 is 4.74 Å². The molecule has 0 radical (unpaired) electrons. The van der Waals surface area contributed by atoms with Crippen LogP contribution in [0.2, 0.25) is 0 Å². The lowest BCUT2D eigenvalue weighted by Crippen LogP contribution is -2.00. The number of rotatable bonds is 3. The van der Waals surface area contributed by atoms with Crippen LogP contribution in [0.5, 0.6) is 0 Å². The first-order chi connectivity index (χ1) is 9.35. The summed E-state index contributed by atoms with van der Waals surface area (Å²) in [6, 6.07) is 9.59. The molecule has 96 valence electrons. The quantitative estimate of drug-likeness (QED) is 0.854. The number of nitrogens with zero attached hydrogens (tertiary/aromatic N) is 4. The lowest BCUT2D eigenvalue weighted by molar-refractivity contribution is 0.142. The van der Waals surface area contributed by atoms with Crippen LogP contribution < -0.4 is 0 Å². The minimum Gasteiger partial charge on any atom is -0.360 e. The van der Waals surface area contributed by atoms with E-state index in [2.05, 4.69) is 16.4 Å². The van der Waals surface area contributed by atoms with Gasteiger partial charge in [-0.05, 0) is 17.7 Å². The molecule has 3 rings (SSSR count). The molecule has 2 heterocycles. The zero-order valence-corrected chi connectivity index (χ0v) is 11.0. The Kier molecular flexibility index (Phi) is 3.49. The van der Waals surface area contributed by atoms with E-state index < -0.39 is 0 Å². The van der Waals surface area contributed by atoms with Crippen molar-refractivity contribution in [1.82, 2.24) is 15.0 Å². The summed E-state index contributed by atoms with van der Waals surface area (Å²) in [7, 11) is 0. The molecule has 1 atom stereocenters. The van der Waals surface area contributed by atoms with Crippen LogP contribution in [0.1, 0.15) is 22.3 Å². The molecular formula is C13H12N4OS. The van der Waals surface area contributed by atoms with Crippen LogP contribution in [0.3, 0.4) is 0 Å². The Morgan fingerprint density at radius 1 is 1.42 bits per heavy atom. The zero-order chi connectivity index (χ0) is 13.1. The van der Waals surface area contributed by atoms with Crippen LogP contribution in [-0.2, 0) is 11.3 Å². The summed E-state index contributed by atoms with van der Waals surface area (Å²) in [5, 5.41) is 17.0. The highest BCUT2D eigenvalue weighted by atomic mass is 32.2. The monoisotopic (exact) mass is 272 g/mol. The second-order valence-corrected chi connectivity index (χ2v) is 5.39. The Morgan fingerprint density at radius 3 is 2.95 bits per heavy atom. The van der Waals surface area contributed by atoms with Gasteiger partial charge in [-0.25, -0.2) is 4.68 Å². The summed E-state index contributed by atoms with van der Waals surface area (Å²) >= 11 is 1.75. The molecule has 19 heavy (non-hydrogen) atoms. The Labute approximate surface area is 115 Å². The molecule has 2 aromatic rings. The number of nitriles is 1. The second kappa shape index (κ2) is 5.43. The molecule has 1 fully saturated rings. The molecule has 1 aliphatic heterocycles. The molecular weight excluding hydrogens is 260 g/mol. The maximum atomic E-state index is 8.75. The van der Waals surface area contributed by atoms with Crippen molar-refractivity contribution >= 4 is 11.8 Å². The molecule has 0 aliphatic carbocycles. The summed E-state index contributed by atoms with van der Waals surface area (Å²) in [5.74, 6) is 1.01. The van der Waals surface area contributed by atoms with E-state index in [1.54, 1.807) is 16.4 Å². The summed E-state index contributed by atoms with van der Waals surface area (Å²) < 4.78 is 7.33. The average Bonchev–Trinajstić information content (AvgIpc) is 3.10. The van der Waals surface area contributed by atoms with Gasteiger partial charge in [-0.1, -0.05) is 17.3 Å². The van der Waals surface area contributed by atoms with E-state index in [-0.39, 0.29) is 5.44 Å². The van der Waals surface area contributed by atoms with Crippen molar-refractivity contribution in [2.24, 2.45) is 0 Å². The third-order valence-corrected chi connectivity index (χ3v) is 3.93. The number of aromatic nitrogens is 3. The fraction of sp³-hybridized carbons (Fsp3) is 0.308. The molecule has 1 saturated heterocycles. The van der Waals surface area contributed by atoms with Gasteiger partial charge in [0, 0.05) is 5.75 Å². The van der Waals surface area contributed by atoms with Gasteiger partial charge in [0.1, 0.15) is 11.1 Å². The summed E-state index contributed by atoms with van der Waals surface area (Å²) in [5.41, 5.74) is 2.65. The van der Waals surface area contributed by atoms with E-state index in [9.17, 15) is 0 Å². The topological polar surface area (TPSA) is 63.7 Å². The standard InChI is InChI=1S/C13H12N4OS/c14-7-10-1-3-11(4-2-10)8-17-9-12(15-16-17)13-18-5-6-19-13/h1-4,9,13H,5-6,8H2/t13-/m0/s1. The molecule has 1 aromatic heterocycles. The highest BCUT2D eigenvalue weighted by Crippen LogP contribution is 2.33. The molecule has 0 amide bonds. The summed E-state index contributed by atoms with van der Waals surface area (Å²) in [6.07, 6.45) is 1.92. The normalized spacial score (nSPS) is 18.4. The van der Waals surface area contributed by atoms with Crippen LogP contribution in [0, 0.1) is 11.3 Å². The largest absolute Gasteiger partial charge is 0.360 e. The Balaban J connectivity index is 1.70. The average molecular weight is 272 g/mol. The molecule has 0 saturated carbocycles. The van der Waals surface area contributed by atoms with E-state index in [0.717, 1.165) is 23.6 Å². The van der Waals surface area contributed by atoms with Crippen molar-refractivity contribution in [1.29, 1.82) is 5.26 Å². The smallest absolute Gasteiger partial charge is 0.148 e. The lowest BCUT2D eigenvalue weighted by atomic mass is 10.1. The van der Waals surface area contributed by atoms with Crippen molar-refractivity contribution in [2.45, 2.75) is 12.0 Å². The van der Waals surface area contributed by atoms with Crippen LogP contribution in [0.4, 0.5) is 0 Å². The van der Waals surface area contributed by atoms with E-state index >= 15 is 0 Å². The van der Waals surface area contributed by atoms with Gasteiger partial charge in [0.15, 0.2) is 0 Å². The van der Waals surface area contributed by atoms with Crippen LogP contribution in [-0.4, -0.2) is 27.4 Å². The number of hydrogen-bond donors (Lipinski definition) is 0. The fourth-order valence-electron chi connectivity index (χ4n) is 1.90. The van der Waals surface area contributed by atoms with Crippen molar-refractivity contribution < 1.29 is 4.74 Å². The molecule has 6 heteroatoms. The third kappa shape index (κ3) is 2.78. The number of thioether (sulfide) groups is 1. The fourth-order valence-corrected chi connectivity index (χ4v) is 2.78. The van der Waals surface area contributed by atoms with Gasteiger partial charge in [-0.2, -0.15) is 5.26 Å². The van der Waals surface area contributed by atoms with E-state index in [4.69, 9.17) is 10.00 Å². The highest BCUT2D eigenvalue weighted by Gasteiger charge is 2.21. The first kappa shape index (κ1) is 12.2. The van der Waals surface area contributed by atoms with Crippen molar-refractivity contribution in [2.75, 3.05) is 12.4 Å². The van der Waals surface area contributed by atoms with E-state index in [1.807, 2.05) is 30.5 Å². The second-order valence-electron chi connectivity index (χ2n) is 4.22. The summed E-state index contributed by atoms with van der Waals surface area (Å²) in [6.45, 7) is 1.42. The van der Waals surface area contributed by atoms with Gasteiger partial charge in [0.05, 0.1) is 31.0 Å². The van der Waals surface area contributed by atoms with Gasteiger partial charge in [-0.3, -0.25) is 0 Å². The maximum absolute atomic E-state index is 8.75. The van der Waals surface area contributed by atoms with Crippen LogP contribution >= 0.6 is 11.8 Å². The predicted molar refractivity (Wildman–Crippen MR) is 71.4 cm³/mol. The molecule has 0 bridgehead atoms. The van der Waals surface area contributed by atoms with Crippen LogP contribution in [0.25, 0.3) is 0 Å². The predicted octanol–water partition coefficient (Wildman–Crippen LogP) is 1.96. The molecule has 1 aliphatic rings. The van der Waals surface area contributed by atoms with Crippen molar-refractivity contribution in [3.05, 3.63) is 47.3 Å². The zero-order valence-electron chi connectivity index (χ0n) is 10.2. The SMILES string of the molecule is N#Cc1ccc(Cn2cc([C@H]3OCCS3)nn2)cc1. The van der Waals surface area contributed by atoms with Gasteiger partial charge >= 0.3 is 0 Å². The Morgan fingerprint density at radius 2 is 2.26 bits per heavy atom. The van der Waals surface area contributed by atoms with Gasteiger partial charge in [0.2, 0.25) is 0 Å². The maximum Gasteiger partial charge on any atom is 0.148 e. The van der Waals surface area contributed by atoms with E-state index in [1.165, 1.54) is 0 Å². The number of hydrogen-bond acceptors (Lipinski definition) is 5. The molecule has 0 spiro atoms. The highest BCUT2D eigenvalue weighted by molar-refractivity contribution is 7.99. The number of ether oxygens (including phenoxy) is 1. The minimum absolute atomic E-state index is 0.0229. The lowest BCUT2D eigenvalue weighted by Gasteiger charge is -2.02. The Hall–Kier alpha value is -1.84. The Bertz CT molecular complexity index is 596. The van der Waals surface area contributed by atoms with E-state index in [0.29, 0.717) is 12.1 Å². The first-order valence-electron chi connectivity index (χ1n) is 5.97. The van der Waals surface area contributed by atoms with Crippen LogP contribution in [0.15, 0.2) is 30.5 Å². The van der Waals surface area contributed by atoms with Crippen molar-refractivity contribution in [3.63, 3.8) is 0 Å². The summed E-state index contributed by atoms with van der Waals surface area (Å²) in [4.78, 5) is 0. The van der Waals surface area contributed by atoms with Gasteiger partial charge in [0.25, 0.3) is 0 Å².